The highest BCUT2D eigenvalue weighted by molar-refractivity contribution is 6.01. The Bertz CT molecular complexity index is 891. The lowest BCUT2D eigenvalue weighted by molar-refractivity contribution is 0.0520. The largest absolute Gasteiger partial charge is 0.461 e. The maximum Gasteiger partial charge on any atom is 0.359 e. The van der Waals surface area contributed by atoms with Crippen LogP contribution in [0.1, 0.15) is 28.5 Å². The number of pyridine rings is 1. The molecule has 3 aromatic rings. The van der Waals surface area contributed by atoms with Crippen molar-refractivity contribution in [1.29, 1.82) is 5.26 Å². The van der Waals surface area contributed by atoms with Gasteiger partial charge in [0.15, 0.2) is 11.3 Å². The second-order valence-corrected chi connectivity index (χ2v) is 4.91. The summed E-state index contributed by atoms with van der Waals surface area (Å²) in [6, 6.07) is 12.9. The van der Waals surface area contributed by atoms with Crippen molar-refractivity contribution in [2.45, 2.75) is 13.5 Å². The predicted molar refractivity (Wildman–Crippen MR) is 83.7 cm³/mol. The molecule has 0 fully saturated rings. The molecule has 23 heavy (non-hydrogen) atoms. The number of hydrogen-bond acceptors (Lipinski definition) is 5. The molecule has 0 aliphatic heterocycles. The number of hydrogen-bond donors (Lipinski definition) is 0. The predicted octanol–water partition coefficient (Wildman–Crippen LogP) is 2.53. The Morgan fingerprint density at radius 1 is 1.30 bits per heavy atom. The molecule has 0 N–H and O–H groups in total. The lowest BCUT2D eigenvalue weighted by Gasteiger charge is -2.03. The standard InChI is InChI=1S/C17H14N4O2/c1-2-23-17(22)15-14-4-3-9-19-16(14)21(20-15)11-13-7-5-12(10-18)6-8-13/h3-9H,2,11H2,1H3. The van der Waals surface area contributed by atoms with E-state index in [1.807, 2.05) is 12.1 Å². The molecule has 0 saturated carbocycles. The van der Waals surface area contributed by atoms with Crippen LogP contribution < -0.4 is 0 Å². The fourth-order valence-electron chi connectivity index (χ4n) is 2.33. The van der Waals surface area contributed by atoms with Gasteiger partial charge in [-0.2, -0.15) is 10.4 Å². The van der Waals surface area contributed by atoms with Crippen LogP contribution in [0.15, 0.2) is 42.6 Å². The second-order valence-electron chi connectivity index (χ2n) is 4.91. The van der Waals surface area contributed by atoms with Crippen LogP contribution in [-0.4, -0.2) is 27.3 Å². The van der Waals surface area contributed by atoms with Gasteiger partial charge in [-0.15, -0.1) is 0 Å². The molecule has 114 valence electrons. The minimum atomic E-state index is -0.455. The molecule has 0 unspecified atom stereocenters. The SMILES string of the molecule is CCOC(=O)c1nn(Cc2ccc(C#N)cc2)c2ncccc12. The zero-order chi connectivity index (χ0) is 16.2. The summed E-state index contributed by atoms with van der Waals surface area (Å²) in [4.78, 5) is 16.4. The molecule has 0 aliphatic carbocycles. The van der Waals surface area contributed by atoms with Crippen molar-refractivity contribution >= 4 is 17.0 Å². The summed E-state index contributed by atoms with van der Waals surface area (Å²) >= 11 is 0. The number of fused-ring (bicyclic) bond motifs is 1. The molecule has 0 saturated heterocycles. The summed E-state index contributed by atoms with van der Waals surface area (Å²) < 4.78 is 6.72. The van der Waals surface area contributed by atoms with E-state index >= 15 is 0 Å². The number of esters is 1. The minimum Gasteiger partial charge on any atom is -0.461 e. The maximum atomic E-state index is 12.0. The number of nitriles is 1. The van der Waals surface area contributed by atoms with Gasteiger partial charge in [0.25, 0.3) is 0 Å². The molecule has 0 bridgehead atoms. The van der Waals surface area contributed by atoms with Crippen LogP contribution >= 0.6 is 0 Å². The zero-order valence-electron chi connectivity index (χ0n) is 12.6. The fraction of sp³-hybridized carbons (Fsp3) is 0.176. The molecule has 3 rings (SSSR count). The summed E-state index contributed by atoms with van der Waals surface area (Å²) in [5.74, 6) is -0.455. The molecule has 2 aromatic heterocycles. The molecule has 0 aliphatic rings. The lowest BCUT2D eigenvalue weighted by Crippen LogP contribution is -2.08. The average Bonchev–Trinajstić information content (AvgIpc) is 2.95. The van der Waals surface area contributed by atoms with Gasteiger partial charge in [0.2, 0.25) is 0 Å². The topological polar surface area (TPSA) is 80.8 Å². The Labute approximate surface area is 132 Å². The average molecular weight is 306 g/mol. The van der Waals surface area contributed by atoms with Gasteiger partial charge in [-0.25, -0.2) is 14.5 Å². The van der Waals surface area contributed by atoms with Crippen LogP contribution in [0.3, 0.4) is 0 Å². The Kier molecular flexibility index (Phi) is 4.02. The van der Waals surface area contributed by atoms with Crippen LogP contribution in [0.2, 0.25) is 0 Å². The first kappa shape index (κ1) is 14.7. The Morgan fingerprint density at radius 2 is 2.09 bits per heavy atom. The Balaban J connectivity index is 2.00. The number of ether oxygens (including phenoxy) is 1. The van der Waals surface area contributed by atoms with E-state index in [1.165, 1.54) is 0 Å². The Morgan fingerprint density at radius 3 is 2.78 bits per heavy atom. The first-order valence-corrected chi connectivity index (χ1v) is 7.20. The van der Waals surface area contributed by atoms with Gasteiger partial charge in [-0.3, -0.25) is 0 Å². The monoisotopic (exact) mass is 306 g/mol. The highest BCUT2D eigenvalue weighted by Gasteiger charge is 2.18. The van der Waals surface area contributed by atoms with Crippen LogP contribution in [0, 0.1) is 11.3 Å². The molecular formula is C17H14N4O2. The third kappa shape index (κ3) is 2.90. The van der Waals surface area contributed by atoms with E-state index in [1.54, 1.807) is 42.1 Å². The van der Waals surface area contributed by atoms with Gasteiger partial charge in [-0.1, -0.05) is 12.1 Å². The molecule has 0 amide bonds. The van der Waals surface area contributed by atoms with E-state index in [0.717, 1.165) is 5.56 Å². The van der Waals surface area contributed by atoms with E-state index in [4.69, 9.17) is 10.00 Å². The van der Waals surface area contributed by atoms with Crippen molar-refractivity contribution in [3.63, 3.8) is 0 Å². The number of benzene rings is 1. The smallest absolute Gasteiger partial charge is 0.359 e. The van der Waals surface area contributed by atoms with Gasteiger partial charge >= 0.3 is 5.97 Å². The molecule has 6 nitrogen and oxygen atoms in total. The second kappa shape index (κ2) is 6.28. The first-order chi connectivity index (χ1) is 11.2. The van der Waals surface area contributed by atoms with E-state index in [2.05, 4.69) is 16.2 Å². The van der Waals surface area contributed by atoms with Crippen LogP contribution in [0.5, 0.6) is 0 Å². The summed E-state index contributed by atoms with van der Waals surface area (Å²) in [6.45, 7) is 2.51. The maximum absolute atomic E-state index is 12.0. The van der Waals surface area contributed by atoms with E-state index in [9.17, 15) is 4.79 Å². The van der Waals surface area contributed by atoms with Gasteiger partial charge in [-0.05, 0) is 36.8 Å². The Hall–Kier alpha value is -3.20. The minimum absolute atomic E-state index is 0.267. The third-order valence-electron chi connectivity index (χ3n) is 3.39. The van der Waals surface area contributed by atoms with E-state index in [0.29, 0.717) is 29.7 Å². The van der Waals surface area contributed by atoms with Crippen molar-refractivity contribution in [3.05, 3.63) is 59.4 Å². The van der Waals surface area contributed by atoms with Crippen LogP contribution in [0.25, 0.3) is 11.0 Å². The number of aromatic nitrogens is 3. The number of carbonyl (C=O) groups excluding carboxylic acids is 1. The fourth-order valence-corrected chi connectivity index (χ4v) is 2.33. The van der Waals surface area contributed by atoms with Crippen molar-refractivity contribution in [3.8, 4) is 6.07 Å². The highest BCUT2D eigenvalue weighted by atomic mass is 16.5. The molecule has 6 heteroatoms. The molecule has 1 aromatic carbocycles. The van der Waals surface area contributed by atoms with Crippen molar-refractivity contribution in [2.75, 3.05) is 6.61 Å². The summed E-state index contributed by atoms with van der Waals surface area (Å²) in [5.41, 5.74) is 2.46. The summed E-state index contributed by atoms with van der Waals surface area (Å²) in [6.07, 6.45) is 1.66. The van der Waals surface area contributed by atoms with E-state index in [-0.39, 0.29) is 5.69 Å². The van der Waals surface area contributed by atoms with Gasteiger partial charge in [0.05, 0.1) is 30.2 Å². The zero-order valence-corrected chi connectivity index (χ0v) is 12.6. The number of rotatable bonds is 4. The molecule has 2 heterocycles. The third-order valence-corrected chi connectivity index (χ3v) is 3.39. The quantitative estimate of drug-likeness (QED) is 0.692. The number of nitrogens with zero attached hydrogens (tertiary/aromatic N) is 4. The molecular weight excluding hydrogens is 292 g/mol. The van der Waals surface area contributed by atoms with Gasteiger partial charge in [0.1, 0.15) is 0 Å². The highest BCUT2D eigenvalue weighted by Crippen LogP contribution is 2.18. The van der Waals surface area contributed by atoms with Crippen molar-refractivity contribution in [2.24, 2.45) is 0 Å². The number of carbonyl (C=O) groups is 1. The van der Waals surface area contributed by atoms with Gasteiger partial charge in [0, 0.05) is 6.20 Å². The van der Waals surface area contributed by atoms with Crippen LogP contribution in [0.4, 0.5) is 0 Å². The van der Waals surface area contributed by atoms with Crippen molar-refractivity contribution < 1.29 is 9.53 Å². The molecule has 0 spiro atoms. The summed E-state index contributed by atoms with van der Waals surface area (Å²) in [5, 5.41) is 13.9. The molecule has 0 atom stereocenters. The lowest BCUT2D eigenvalue weighted by atomic mass is 10.1. The van der Waals surface area contributed by atoms with Crippen molar-refractivity contribution in [1.82, 2.24) is 14.8 Å². The molecule has 0 radical (unpaired) electrons. The van der Waals surface area contributed by atoms with Gasteiger partial charge < -0.3 is 4.74 Å². The first-order valence-electron chi connectivity index (χ1n) is 7.20. The normalized spacial score (nSPS) is 10.4. The van der Waals surface area contributed by atoms with Crippen LogP contribution in [-0.2, 0) is 11.3 Å². The van der Waals surface area contributed by atoms with E-state index < -0.39 is 5.97 Å². The summed E-state index contributed by atoms with van der Waals surface area (Å²) in [7, 11) is 0.